The number of benzene rings is 2. The van der Waals surface area contributed by atoms with Crippen molar-refractivity contribution in [2.45, 2.75) is 26.8 Å². The summed E-state index contributed by atoms with van der Waals surface area (Å²) in [6.07, 6.45) is 1.55. The average Bonchev–Trinajstić information content (AvgIpc) is 2.82. The van der Waals surface area contributed by atoms with Crippen molar-refractivity contribution in [2.24, 2.45) is 0 Å². The summed E-state index contributed by atoms with van der Waals surface area (Å²) in [7, 11) is 1.74. The molecular weight excluding hydrogens is 410 g/mol. The van der Waals surface area contributed by atoms with Gasteiger partial charge < -0.3 is 10.6 Å². The summed E-state index contributed by atoms with van der Waals surface area (Å²) in [5.74, 6) is 6.74. The number of rotatable bonds is 4. The van der Waals surface area contributed by atoms with E-state index in [1.54, 1.807) is 26.4 Å². The molecule has 33 heavy (non-hydrogen) atoms. The summed E-state index contributed by atoms with van der Waals surface area (Å²) < 4.78 is 0. The first kappa shape index (κ1) is 22.1. The molecule has 1 atom stereocenters. The van der Waals surface area contributed by atoms with Crippen LogP contribution in [0.1, 0.15) is 29.6 Å². The lowest BCUT2D eigenvalue weighted by molar-refractivity contribution is -0.117. The maximum Gasteiger partial charge on any atom is 0.242 e. The van der Waals surface area contributed by atoms with Crippen LogP contribution in [0.2, 0.25) is 0 Å². The number of nitrogens with one attached hydrogen (secondary N) is 2. The van der Waals surface area contributed by atoms with Crippen LogP contribution in [0, 0.1) is 25.7 Å². The monoisotopic (exact) mass is 435 g/mol. The first-order valence-corrected chi connectivity index (χ1v) is 10.7. The summed E-state index contributed by atoms with van der Waals surface area (Å²) in [5, 5.41) is 8.07. The zero-order chi connectivity index (χ0) is 23.4. The molecule has 2 aromatic heterocycles. The standard InChI is InChI=1S/C27H25N5O/c1-17-26(18(2)30-16-29-17)23-12-14-25(32-27(33)19(3)28-4)31-24(23)13-10-20-9-11-21-7-5-6-8-22(21)15-20/h5-9,11-12,14-16,19,28H,1-4H3,(H,31,32,33). The molecule has 0 aliphatic rings. The molecule has 0 saturated heterocycles. The van der Waals surface area contributed by atoms with Gasteiger partial charge in [0.25, 0.3) is 0 Å². The second kappa shape index (κ2) is 9.60. The Kier molecular flexibility index (Phi) is 6.43. The van der Waals surface area contributed by atoms with Gasteiger partial charge in [0.05, 0.1) is 6.04 Å². The maximum atomic E-state index is 12.4. The van der Waals surface area contributed by atoms with Crippen LogP contribution >= 0.6 is 0 Å². The van der Waals surface area contributed by atoms with Crippen LogP contribution in [0.3, 0.4) is 0 Å². The van der Waals surface area contributed by atoms with Gasteiger partial charge >= 0.3 is 0 Å². The minimum atomic E-state index is -0.342. The van der Waals surface area contributed by atoms with E-state index in [-0.39, 0.29) is 11.9 Å². The number of fused-ring (bicyclic) bond motifs is 1. The molecule has 0 fully saturated rings. The topological polar surface area (TPSA) is 79.8 Å². The molecule has 164 valence electrons. The number of carbonyl (C=O) groups excluding carboxylic acids is 1. The largest absolute Gasteiger partial charge is 0.309 e. The fourth-order valence-electron chi connectivity index (χ4n) is 3.57. The molecule has 0 spiro atoms. The molecule has 0 aliphatic carbocycles. The van der Waals surface area contributed by atoms with Crippen molar-refractivity contribution in [3.8, 4) is 23.0 Å². The normalized spacial score (nSPS) is 11.5. The third kappa shape index (κ3) is 4.89. The summed E-state index contributed by atoms with van der Waals surface area (Å²) in [5.41, 5.74) is 4.86. The molecule has 6 heteroatoms. The van der Waals surface area contributed by atoms with Gasteiger partial charge in [-0.1, -0.05) is 36.3 Å². The third-order valence-corrected chi connectivity index (χ3v) is 5.54. The van der Waals surface area contributed by atoms with Gasteiger partial charge in [-0.3, -0.25) is 4.79 Å². The summed E-state index contributed by atoms with van der Waals surface area (Å²) >= 11 is 0. The molecule has 2 aromatic carbocycles. The average molecular weight is 436 g/mol. The highest BCUT2D eigenvalue weighted by Crippen LogP contribution is 2.28. The molecular formula is C27H25N5O. The van der Waals surface area contributed by atoms with Gasteiger partial charge in [0.1, 0.15) is 17.8 Å². The van der Waals surface area contributed by atoms with Crippen LogP contribution in [0.25, 0.3) is 21.9 Å². The van der Waals surface area contributed by atoms with Crippen molar-refractivity contribution in [3.63, 3.8) is 0 Å². The number of hydrogen-bond acceptors (Lipinski definition) is 5. The van der Waals surface area contributed by atoms with Crippen molar-refractivity contribution in [1.29, 1.82) is 0 Å². The molecule has 1 amide bonds. The van der Waals surface area contributed by atoms with Crippen LogP contribution in [0.15, 0.2) is 60.9 Å². The van der Waals surface area contributed by atoms with Crippen LogP contribution < -0.4 is 10.6 Å². The van der Waals surface area contributed by atoms with E-state index in [2.05, 4.69) is 61.7 Å². The third-order valence-electron chi connectivity index (χ3n) is 5.54. The zero-order valence-corrected chi connectivity index (χ0v) is 19.1. The van der Waals surface area contributed by atoms with E-state index in [9.17, 15) is 4.79 Å². The highest BCUT2D eigenvalue weighted by Gasteiger charge is 2.16. The summed E-state index contributed by atoms with van der Waals surface area (Å²) in [6, 6.07) is 17.6. The van der Waals surface area contributed by atoms with Gasteiger partial charge in [-0.15, -0.1) is 0 Å². The van der Waals surface area contributed by atoms with Crippen molar-refractivity contribution in [3.05, 3.63) is 83.6 Å². The van der Waals surface area contributed by atoms with Gasteiger partial charge in [-0.25, -0.2) is 15.0 Å². The molecule has 2 N–H and O–H groups in total. The van der Waals surface area contributed by atoms with E-state index < -0.39 is 0 Å². The fraction of sp³-hybridized carbons (Fsp3) is 0.185. The Balaban J connectivity index is 1.80. The lowest BCUT2D eigenvalue weighted by Gasteiger charge is -2.13. The van der Waals surface area contributed by atoms with Gasteiger partial charge in [-0.05, 0) is 68.8 Å². The SMILES string of the molecule is CNC(C)C(=O)Nc1ccc(-c2c(C)ncnc2C)c(C#Cc2ccc3ccccc3c2)n1. The second-order valence-corrected chi connectivity index (χ2v) is 7.82. The minimum Gasteiger partial charge on any atom is -0.309 e. The number of anilines is 1. The number of nitrogens with zero attached hydrogens (tertiary/aromatic N) is 3. The van der Waals surface area contributed by atoms with Gasteiger partial charge in [0.2, 0.25) is 5.91 Å². The van der Waals surface area contributed by atoms with Gasteiger partial charge in [0, 0.05) is 28.1 Å². The number of pyridine rings is 1. The molecule has 6 nitrogen and oxygen atoms in total. The Hall–Kier alpha value is -4.08. The Morgan fingerprint density at radius 1 is 0.939 bits per heavy atom. The molecule has 0 radical (unpaired) electrons. The highest BCUT2D eigenvalue weighted by atomic mass is 16.2. The molecule has 0 saturated carbocycles. The maximum absolute atomic E-state index is 12.4. The Morgan fingerprint density at radius 3 is 2.39 bits per heavy atom. The lowest BCUT2D eigenvalue weighted by atomic mass is 10.0. The van der Waals surface area contributed by atoms with E-state index in [1.165, 1.54) is 0 Å². The number of likely N-dealkylation sites (N-methyl/N-ethyl adjacent to an activating group) is 1. The quantitative estimate of drug-likeness (QED) is 0.469. The molecule has 2 heterocycles. The second-order valence-electron chi connectivity index (χ2n) is 7.82. The smallest absolute Gasteiger partial charge is 0.242 e. The van der Waals surface area contributed by atoms with Crippen molar-refractivity contribution >= 4 is 22.5 Å². The lowest BCUT2D eigenvalue weighted by Crippen LogP contribution is -2.35. The van der Waals surface area contributed by atoms with Crippen LogP contribution in [-0.2, 0) is 4.79 Å². The summed E-state index contributed by atoms with van der Waals surface area (Å²) in [4.78, 5) is 25.7. The Labute approximate surface area is 193 Å². The van der Waals surface area contributed by atoms with Gasteiger partial charge in [0.15, 0.2) is 0 Å². The summed E-state index contributed by atoms with van der Waals surface area (Å²) in [6.45, 7) is 5.67. The molecule has 1 unspecified atom stereocenters. The molecule has 4 rings (SSSR count). The van der Waals surface area contributed by atoms with Crippen LogP contribution in [0.5, 0.6) is 0 Å². The number of carbonyl (C=O) groups is 1. The number of aryl methyl sites for hydroxylation is 2. The van der Waals surface area contributed by atoms with Crippen molar-refractivity contribution < 1.29 is 4.79 Å². The first-order valence-electron chi connectivity index (χ1n) is 10.7. The van der Waals surface area contributed by atoms with Crippen molar-refractivity contribution in [2.75, 3.05) is 12.4 Å². The Morgan fingerprint density at radius 2 is 1.67 bits per heavy atom. The number of hydrogen-bond donors (Lipinski definition) is 2. The number of amides is 1. The molecule has 4 aromatic rings. The van der Waals surface area contributed by atoms with Gasteiger partial charge in [-0.2, -0.15) is 0 Å². The Bertz CT molecular complexity index is 1380. The highest BCUT2D eigenvalue weighted by molar-refractivity contribution is 5.94. The van der Waals surface area contributed by atoms with Crippen LogP contribution in [-0.4, -0.2) is 33.9 Å². The van der Waals surface area contributed by atoms with Crippen molar-refractivity contribution in [1.82, 2.24) is 20.3 Å². The molecule has 0 bridgehead atoms. The zero-order valence-electron chi connectivity index (χ0n) is 19.1. The van der Waals surface area contributed by atoms with E-state index in [4.69, 9.17) is 0 Å². The van der Waals surface area contributed by atoms with E-state index >= 15 is 0 Å². The molecule has 0 aliphatic heterocycles. The van der Waals surface area contributed by atoms with E-state index in [1.807, 2.05) is 38.1 Å². The predicted octanol–water partition coefficient (Wildman–Crippen LogP) is 4.25. The van der Waals surface area contributed by atoms with E-state index in [0.29, 0.717) is 11.5 Å². The predicted molar refractivity (Wildman–Crippen MR) is 132 cm³/mol. The van der Waals surface area contributed by atoms with Crippen LogP contribution in [0.4, 0.5) is 5.82 Å². The van der Waals surface area contributed by atoms with E-state index in [0.717, 1.165) is 38.9 Å². The minimum absolute atomic E-state index is 0.165. The number of aromatic nitrogens is 3. The first-order chi connectivity index (χ1) is 16.0. The fourth-order valence-corrected chi connectivity index (χ4v) is 3.57.